The van der Waals surface area contributed by atoms with Crippen LogP contribution in [0.5, 0.6) is 11.5 Å². The largest absolute Gasteiger partial charge is 0.494 e. The zero-order valence-electron chi connectivity index (χ0n) is 13.0. The molecule has 1 N–H and O–H groups in total. The highest BCUT2D eigenvalue weighted by atomic mass is 16.5. The zero-order chi connectivity index (χ0) is 15.1. The Balaban J connectivity index is 2.11. The van der Waals surface area contributed by atoms with Crippen LogP contribution in [0.2, 0.25) is 0 Å². The fourth-order valence-corrected chi connectivity index (χ4v) is 2.09. The van der Waals surface area contributed by atoms with Crippen molar-refractivity contribution in [2.75, 3.05) is 18.5 Å². The molecule has 3 nitrogen and oxygen atoms in total. The van der Waals surface area contributed by atoms with Gasteiger partial charge in [0.25, 0.3) is 0 Å². The molecular weight excluding hydrogens is 262 g/mol. The van der Waals surface area contributed by atoms with Gasteiger partial charge in [0.2, 0.25) is 0 Å². The van der Waals surface area contributed by atoms with Crippen molar-refractivity contribution in [2.45, 2.75) is 27.3 Å². The molecular formula is C18H23NO2. The van der Waals surface area contributed by atoms with Gasteiger partial charge in [0.05, 0.1) is 18.9 Å². The highest BCUT2D eigenvalue weighted by Gasteiger charge is 2.05. The summed E-state index contributed by atoms with van der Waals surface area (Å²) in [7, 11) is 0. The zero-order valence-corrected chi connectivity index (χ0v) is 13.0. The average molecular weight is 285 g/mol. The van der Waals surface area contributed by atoms with Crippen LogP contribution in [-0.4, -0.2) is 13.2 Å². The van der Waals surface area contributed by atoms with Gasteiger partial charge in [0, 0.05) is 12.6 Å². The molecule has 0 atom stereocenters. The summed E-state index contributed by atoms with van der Waals surface area (Å²) < 4.78 is 11.2. The molecule has 0 radical (unpaired) electrons. The Hall–Kier alpha value is -2.16. The van der Waals surface area contributed by atoms with E-state index < -0.39 is 0 Å². The van der Waals surface area contributed by atoms with E-state index in [1.807, 2.05) is 32.0 Å². The molecule has 0 saturated heterocycles. The minimum absolute atomic E-state index is 0.646. The van der Waals surface area contributed by atoms with E-state index >= 15 is 0 Å². The molecule has 0 unspecified atom stereocenters. The summed E-state index contributed by atoms with van der Waals surface area (Å²) in [5.41, 5.74) is 3.47. The average Bonchev–Trinajstić information content (AvgIpc) is 2.49. The Labute approximate surface area is 126 Å². The van der Waals surface area contributed by atoms with E-state index in [4.69, 9.17) is 9.47 Å². The van der Waals surface area contributed by atoms with Crippen molar-refractivity contribution in [1.29, 1.82) is 0 Å². The standard InChI is InChI=1S/C18H23NO2/c1-4-20-16-10-11-18(21-5-2)17(12-16)19-13-15-8-6-14(3)7-9-15/h6-12,19H,4-5,13H2,1-3H3. The van der Waals surface area contributed by atoms with Crippen LogP contribution in [-0.2, 0) is 6.54 Å². The summed E-state index contributed by atoms with van der Waals surface area (Å²) in [6.07, 6.45) is 0. The lowest BCUT2D eigenvalue weighted by molar-refractivity contribution is 0.332. The Morgan fingerprint density at radius 2 is 1.62 bits per heavy atom. The highest BCUT2D eigenvalue weighted by molar-refractivity contribution is 5.60. The third kappa shape index (κ3) is 4.42. The maximum atomic E-state index is 5.66. The number of hydrogen-bond donors (Lipinski definition) is 1. The Kier molecular flexibility index (Phi) is 5.50. The lowest BCUT2D eigenvalue weighted by atomic mass is 10.1. The summed E-state index contributed by atoms with van der Waals surface area (Å²) in [6.45, 7) is 8.13. The van der Waals surface area contributed by atoms with Crippen molar-refractivity contribution >= 4 is 5.69 Å². The van der Waals surface area contributed by atoms with Gasteiger partial charge in [-0.2, -0.15) is 0 Å². The van der Waals surface area contributed by atoms with Gasteiger partial charge in [-0.1, -0.05) is 29.8 Å². The Bertz CT molecular complexity index is 564. The molecule has 0 aliphatic rings. The van der Waals surface area contributed by atoms with Gasteiger partial charge in [-0.05, 0) is 38.5 Å². The summed E-state index contributed by atoms with van der Waals surface area (Å²) in [4.78, 5) is 0. The number of benzene rings is 2. The normalized spacial score (nSPS) is 10.2. The molecule has 0 amide bonds. The van der Waals surface area contributed by atoms with E-state index in [2.05, 4.69) is 36.5 Å². The molecule has 3 heteroatoms. The maximum absolute atomic E-state index is 5.66. The van der Waals surface area contributed by atoms with Gasteiger partial charge >= 0.3 is 0 Å². The van der Waals surface area contributed by atoms with Gasteiger partial charge < -0.3 is 14.8 Å². The second-order valence-corrected chi connectivity index (χ2v) is 4.86. The van der Waals surface area contributed by atoms with E-state index in [-0.39, 0.29) is 0 Å². The summed E-state index contributed by atoms with van der Waals surface area (Å²) in [5.74, 6) is 1.71. The van der Waals surface area contributed by atoms with Crippen LogP contribution in [0.1, 0.15) is 25.0 Å². The minimum Gasteiger partial charge on any atom is -0.494 e. The Morgan fingerprint density at radius 1 is 0.905 bits per heavy atom. The number of nitrogens with one attached hydrogen (secondary N) is 1. The van der Waals surface area contributed by atoms with Crippen LogP contribution >= 0.6 is 0 Å². The fraction of sp³-hybridized carbons (Fsp3) is 0.333. The molecule has 0 spiro atoms. The van der Waals surface area contributed by atoms with E-state index in [1.54, 1.807) is 0 Å². The first-order valence-electron chi connectivity index (χ1n) is 7.42. The fourth-order valence-electron chi connectivity index (χ4n) is 2.09. The molecule has 0 aliphatic carbocycles. The van der Waals surface area contributed by atoms with Gasteiger partial charge in [-0.25, -0.2) is 0 Å². The second-order valence-electron chi connectivity index (χ2n) is 4.86. The van der Waals surface area contributed by atoms with Gasteiger partial charge in [0.15, 0.2) is 0 Å². The molecule has 0 fully saturated rings. The number of aryl methyl sites for hydroxylation is 1. The van der Waals surface area contributed by atoms with Crippen molar-refractivity contribution in [3.63, 3.8) is 0 Å². The molecule has 0 saturated carbocycles. The number of hydrogen-bond acceptors (Lipinski definition) is 3. The molecule has 2 aromatic carbocycles. The smallest absolute Gasteiger partial charge is 0.142 e. The van der Waals surface area contributed by atoms with Crippen molar-refractivity contribution in [1.82, 2.24) is 0 Å². The predicted molar refractivity (Wildman–Crippen MR) is 87.3 cm³/mol. The number of ether oxygens (including phenoxy) is 2. The molecule has 0 aliphatic heterocycles. The maximum Gasteiger partial charge on any atom is 0.142 e. The molecule has 2 aromatic rings. The summed E-state index contributed by atoms with van der Waals surface area (Å²) in [5, 5.41) is 3.43. The first-order valence-corrected chi connectivity index (χ1v) is 7.42. The number of rotatable bonds is 7. The van der Waals surface area contributed by atoms with Crippen LogP contribution in [0.4, 0.5) is 5.69 Å². The Morgan fingerprint density at radius 3 is 2.29 bits per heavy atom. The molecule has 112 valence electrons. The van der Waals surface area contributed by atoms with Crippen molar-refractivity contribution in [2.24, 2.45) is 0 Å². The number of anilines is 1. The second kappa shape index (κ2) is 7.58. The topological polar surface area (TPSA) is 30.5 Å². The van der Waals surface area contributed by atoms with E-state index in [0.717, 1.165) is 23.7 Å². The van der Waals surface area contributed by atoms with Gasteiger partial charge in [0.1, 0.15) is 11.5 Å². The predicted octanol–water partition coefficient (Wildman–Crippen LogP) is 4.40. The molecule has 2 rings (SSSR count). The molecule has 0 heterocycles. The SMILES string of the molecule is CCOc1ccc(OCC)c(NCc2ccc(C)cc2)c1. The third-order valence-corrected chi connectivity index (χ3v) is 3.17. The van der Waals surface area contributed by atoms with E-state index in [9.17, 15) is 0 Å². The quantitative estimate of drug-likeness (QED) is 0.817. The summed E-state index contributed by atoms with van der Waals surface area (Å²) >= 11 is 0. The highest BCUT2D eigenvalue weighted by Crippen LogP contribution is 2.29. The van der Waals surface area contributed by atoms with Crippen molar-refractivity contribution in [3.05, 3.63) is 53.6 Å². The lowest BCUT2D eigenvalue weighted by Crippen LogP contribution is -2.03. The summed E-state index contributed by atoms with van der Waals surface area (Å²) in [6, 6.07) is 14.4. The van der Waals surface area contributed by atoms with Crippen molar-refractivity contribution in [3.8, 4) is 11.5 Å². The monoisotopic (exact) mass is 285 g/mol. The van der Waals surface area contributed by atoms with Crippen LogP contribution < -0.4 is 14.8 Å². The van der Waals surface area contributed by atoms with E-state index in [0.29, 0.717) is 13.2 Å². The van der Waals surface area contributed by atoms with Crippen LogP contribution in [0.15, 0.2) is 42.5 Å². The van der Waals surface area contributed by atoms with Gasteiger partial charge in [-0.15, -0.1) is 0 Å². The minimum atomic E-state index is 0.646. The van der Waals surface area contributed by atoms with E-state index in [1.165, 1.54) is 11.1 Å². The lowest BCUT2D eigenvalue weighted by Gasteiger charge is -2.14. The van der Waals surface area contributed by atoms with Crippen molar-refractivity contribution < 1.29 is 9.47 Å². The molecule has 0 aromatic heterocycles. The molecule has 21 heavy (non-hydrogen) atoms. The van der Waals surface area contributed by atoms with Gasteiger partial charge in [-0.3, -0.25) is 0 Å². The first kappa shape index (κ1) is 15.2. The van der Waals surface area contributed by atoms with Crippen LogP contribution in [0.25, 0.3) is 0 Å². The third-order valence-electron chi connectivity index (χ3n) is 3.17. The van der Waals surface area contributed by atoms with Crippen LogP contribution in [0, 0.1) is 6.92 Å². The van der Waals surface area contributed by atoms with Crippen LogP contribution in [0.3, 0.4) is 0 Å². The molecule has 0 bridgehead atoms. The first-order chi connectivity index (χ1) is 10.2.